The van der Waals surface area contributed by atoms with E-state index in [-0.39, 0.29) is 16.4 Å². The summed E-state index contributed by atoms with van der Waals surface area (Å²) in [5, 5.41) is 0. The molecule has 1 atom stereocenters. The Bertz CT molecular complexity index is 978. The number of ether oxygens (including phenoxy) is 2. The molecule has 0 amide bonds. The van der Waals surface area contributed by atoms with Crippen LogP contribution < -0.4 is 9.47 Å². The van der Waals surface area contributed by atoms with E-state index >= 15 is 0 Å². The highest BCUT2D eigenvalue weighted by Crippen LogP contribution is 2.31. The zero-order valence-electron chi connectivity index (χ0n) is 14.8. The summed E-state index contributed by atoms with van der Waals surface area (Å²) in [5.74, 6) is 0.932. The van der Waals surface area contributed by atoms with Gasteiger partial charge in [-0.15, -0.1) is 0 Å². The van der Waals surface area contributed by atoms with Gasteiger partial charge in [-0.2, -0.15) is 0 Å². The van der Waals surface area contributed by atoms with Crippen molar-refractivity contribution in [2.75, 3.05) is 7.11 Å². The minimum atomic E-state index is -2.47. The second kappa shape index (κ2) is 8.16. The third-order valence-corrected chi connectivity index (χ3v) is 4.67. The number of ketones is 1. The van der Waals surface area contributed by atoms with Crippen molar-refractivity contribution in [3.63, 3.8) is 0 Å². The Morgan fingerprint density at radius 1 is 0.889 bits per heavy atom. The summed E-state index contributed by atoms with van der Waals surface area (Å²) in [5.41, 5.74) is 2.21. The van der Waals surface area contributed by atoms with E-state index in [9.17, 15) is 13.6 Å². The number of aryl methyl sites for hydroxylation is 1. The van der Waals surface area contributed by atoms with E-state index in [4.69, 9.17) is 9.47 Å². The van der Waals surface area contributed by atoms with Gasteiger partial charge in [-0.1, -0.05) is 29.8 Å². The average molecular weight is 381 g/mol. The van der Waals surface area contributed by atoms with Gasteiger partial charge in [0, 0.05) is 11.1 Å². The van der Waals surface area contributed by atoms with Crippen LogP contribution in [0.25, 0.3) is 0 Å². The topological polar surface area (TPSA) is 75.7 Å². The van der Waals surface area contributed by atoms with Crippen LogP contribution in [0.15, 0.2) is 71.6 Å². The van der Waals surface area contributed by atoms with Crippen LogP contribution in [0.1, 0.15) is 21.5 Å². The number of methoxy groups -OCH3 is 1. The molecule has 0 aliphatic rings. The third-order valence-electron chi connectivity index (χ3n) is 3.99. The average Bonchev–Trinajstić information content (AvgIpc) is 2.69. The number of rotatable bonds is 6. The highest BCUT2D eigenvalue weighted by atomic mass is 32.2. The highest BCUT2D eigenvalue weighted by Gasteiger charge is 2.11. The molecule has 3 aromatic rings. The predicted octanol–water partition coefficient (Wildman–Crippen LogP) is 4.26. The van der Waals surface area contributed by atoms with E-state index in [0.29, 0.717) is 22.6 Å². The summed E-state index contributed by atoms with van der Waals surface area (Å²) < 4.78 is 33.6. The molecule has 0 saturated carbocycles. The fourth-order valence-corrected chi connectivity index (χ4v) is 2.99. The molecular formula is C21H17O5S-. The van der Waals surface area contributed by atoms with Gasteiger partial charge in [0.1, 0.15) is 17.2 Å². The van der Waals surface area contributed by atoms with E-state index in [1.807, 2.05) is 19.1 Å². The lowest BCUT2D eigenvalue weighted by molar-refractivity contribution is 0.103. The van der Waals surface area contributed by atoms with Crippen molar-refractivity contribution in [1.29, 1.82) is 0 Å². The lowest BCUT2D eigenvalue weighted by atomic mass is 10.0. The molecule has 0 radical (unpaired) electrons. The Balaban J connectivity index is 1.81. The number of benzene rings is 3. The smallest absolute Gasteiger partial charge is 0.193 e. The van der Waals surface area contributed by atoms with Crippen molar-refractivity contribution in [3.05, 3.63) is 83.4 Å². The molecule has 0 saturated heterocycles. The normalized spacial score (nSPS) is 11.7. The summed E-state index contributed by atoms with van der Waals surface area (Å²) >= 11 is -2.47. The highest BCUT2D eigenvalue weighted by molar-refractivity contribution is 7.79. The summed E-state index contributed by atoms with van der Waals surface area (Å²) in [6, 6.07) is 18.4. The Morgan fingerprint density at radius 2 is 1.44 bits per heavy atom. The molecular weight excluding hydrogens is 364 g/mol. The predicted molar refractivity (Wildman–Crippen MR) is 101 cm³/mol. The van der Waals surface area contributed by atoms with Crippen LogP contribution in [-0.2, 0) is 11.1 Å². The van der Waals surface area contributed by atoms with E-state index < -0.39 is 11.1 Å². The Morgan fingerprint density at radius 3 is 2.00 bits per heavy atom. The van der Waals surface area contributed by atoms with Gasteiger partial charge in [-0.3, -0.25) is 9.00 Å². The molecule has 5 nitrogen and oxygen atoms in total. The summed E-state index contributed by atoms with van der Waals surface area (Å²) in [6.45, 7) is 1.96. The first-order valence-electron chi connectivity index (χ1n) is 8.14. The van der Waals surface area contributed by atoms with Crippen molar-refractivity contribution in [1.82, 2.24) is 0 Å². The maximum atomic E-state index is 12.5. The van der Waals surface area contributed by atoms with Gasteiger partial charge in [0.25, 0.3) is 0 Å². The Kier molecular flexibility index (Phi) is 5.69. The molecule has 1 unspecified atom stereocenters. The number of hydrogen-bond acceptors (Lipinski definition) is 5. The van der Waals surface area contributed by atoms with E-state index in [0.717, 1.165) is 5.56 Å². The second-order valence-corrected chi connectivity index (χ2v) is 6.78. The zero-order valence-corrected chi connectivity index (χ0v) is 15.6. The molecule has 27 heavy (non-hydrogen) atoms. The summed E-state index contributed by atoms with van der Waals surface area (Å²) in [7, 11) is 1.46. The number of carbonyl (C=O) groups excluding carboxylic acids is 1. The minimum absolute atomic E-state index is 0.00541. The molecule has 0 N–H and O–H groups in total. The van der Waals surface area contributed by atoms with Crippen molar-refractivity contribution in [2.45, 2.75) is 11.8 Å². The number of carbonyl (C=O) groups is 1. The lowest BCUT2D eigenvalue weighted by Gasteiger charge is -2.14. The molecule has 0 aromatic heterocycles. The van der Waals surface area contributed by atoms with Crippen LogP contribution in [0.5, 0.6) is 17.2 Å². The third kappa shape index (κ3) is 4.42. The standard InChI is InChI=1S/C21H18O5S/c1-14-3-5-15(6-4-14)21(22)16-7-9-17(10-8-16)26-19-12-11-18(25-2)13-20(19)27(23)24/h3-13H,1-2H3,(H,23,24)/p-1. The first-order valence-corrected chi connectivity index (χ1v) is 9.22. The fourth-order valence-electron chi connectivity index (χ4n) is 2.50. The van der Waals surface area contributed by atoms with E-state index in [1.165, 1.54) is 19.2 Å². The molecule has 3 aromatic carbocycles. The summed E-state index contributed by atoms with van der Waals surface area (Å²) in [6.07, 6.45) is 0. The molecule has 138 valence electrons. The molecule has 0 aliphatic heterocycles. The summed E-state index contributed by atoms with van der Waals surface area (Å²) in [4.78, 5) is 12.5. The second-order valence-electron chi connectivity index (χ2n) is 5.87. The quantitative estimate of drug-likeness (QED) is 0.471. The first kappa shape index (κ1) is 18.8. The SMILES string of the molecule is COc1ccc(Oc2ccc(C(=O)c3ccc(C)cc3)cc2)c(S(=O)[O-])c1. The molecule has 0 spiro atoms. The maximum absolute atomic E-state index is 12.5. The van der Waals surface area contributed by atoms with Crippen LogP contribution in [0.3, 0.4) is 0 Å². The first-order chi connectivity index (χ1) is 13.0. The van der Waals surface area contributed by atoms with E-state index in [2.05, 4.69) is 0 Å². The van der Waals surface area contributed by atoms with Gasteiger partial charge in [-0.05, 0) is 60.5 Å². The number of hydrogen-bond donors (Lipinski definition) is 0. The van der Waals surface area contributed by atoms with Gasteiger partial charge in [-0.25, -0.2) is 0 Å². The van der Waals surface area contributed by atoms with Crippen LogP contribution in [0, 0.1) is 6.92 Å². The van der Waals surface area contributed by atoms with Crippen molar-refractivity contribution in [3.8, 4) is 17.2 Å². The van der Waals surface area contributed by atoms with Gasteiger partial charge in [0.2, 0.25) is 0 Å². The van der Waals surface area contributed by atoms with Gasteiger partial charge >= 0.3 is 0 Å². The van der Waals surface area contributed by atoms with Crippen molar-refractivity contribution >= 4 is 16.9 Å². The van der Waals surface area contributed by atoms with Crippen molar-refractivity contribution < 1.29 is 23.0 Å². The Labute approximate surface area is 159 Å². The fraction of sp³-hybridized carbons (Fsp3) is 0.0952. The van der Waals surface area contributed by atoms with Crippen LogP contribution in [0.2, 0.25) is 0 Å². The maximum Gasteiger partial charge on any atom is 0.193 e. The zero-order chi connectivity index (χ0) is 19.4. The van der Waals surface area contributed by atoms with Crippen LogP contribution >= 0.6 is 0 Å². The largest absolute Gasteiger partial charge is 0.768 e. The minimum Gasteiger partial charge on any atom is -0.768 e. The molecule has 0 fully saturated rings. The molecule has 0 heterocycles. The van der Waals surface area contributed by atoms with Gasteiger partial charge in [0.15, 0.2) is 5.78 Å². The van der Waals surface area contributed by atoms with Crippen LogP contribution in [0.4, 0.5) is 0 Å². The lowest BCUT2D eigenvalue weighted by Crippen LogP contribution is -2.01. The molecule has 3 rings (SSSR count). The monoisotopic (exact) mass is 381 g/mol. The molecule has 6 heteroatoms. The Hall–Kier alpha value is -2.96. The van der Waals surface area contributed by atoms with Gasteiger partial charge < -0.3 is 14.0 Å². The molecule has 0 aliphatic carbocycles. The van der Waals surface area contributed by atoms with E-state index in [1.54, 1.807) is 42.5 Å². The molecule has 0 bridgehead atoms. The van der Waals surface area contributed by atoms with Crippen LogP contribution in [-0.4, -0.2) is 21.7 Å². The van der Waals surface area contributed by atoms with Crippen molar-refractivity contribution in [2.24, 2.45) is 0 Å². The van der Waals surface area contributed by atoms with Gasteiger partial charge in [0.05, 0.1) is 12.0 Å².